The van der Waals surface area contributed by atoms with Crippen molar-refractivity contribution in [2.75, 3.05) is 26.1 Å². The molecule has 0 aliphatic carbocycles. The zero-order valence-corrected chi connectivity index (χ0v) is 15.1. The van der Waals surface area contributed by atoms with Gasteiger partial charge in [0.05, 0.1) is 31.9 Å². The Morgan fingerprint density at radius 3 is 2.39 bits per heavy atom. The van der Waals surface area contributed by atoms with Crippen LogP contribution in [0.15, 0.2) is 42.5 Å². The first-order chi connectivity index (χ1) is 13.2. The molecule has 0 aliphatic rings. The first-order valence-electron chi connectivity index (χ1n) is 8.07. The Labute approximate surface area is 159 Å². The third-order valence-corrected chi connectivity index (χ3v) is 3.70. The summed E-state index contributed by atoms with van der Waals surface area (Å²) in [4.78, 5) is 23.8. The third kappa shape index (κ3) is 5.63. The molecule has 0 saturated carbocycles. The molecule has 28 heavy (non-hydrogen) atoms. The van der Waals surface area contributed by atoms with Gasteiger partial charge in [0, 0.05) is 11.6 Å². The molecule has 6 nitrogen and oxygen atoms in total. The lowest BCUT2D eigenvalue weighted by Crippen LogP contribution is -2.23. The van der Waals surface area contributed by atoms with Crippen LogP contribution in [0.5, 0.6) is 11.5 Å². The Balaban J connectivity index is 1.94. The number of carbonyl (C=O) groups excluding carboxylic acids is 2. The molecule has 0 heterocycles. The van der Waals surface area contributed by atoms with Crippen LogP contribution >= 0.6 is 0 Å². The fourth-order valence-corrected chi connectivity index (χ4v) is 2.38. The van der Waals surface area contributed by atoms with E-state index < -0.39 is 35.9 Å². The van der Waals surface area contributed by atoms with Gasteiger partial charge in [-0.25, -0.2) is 0 Å². The van der Waals surface area contributed by atoms with Gasteiger partial charge in [-0.3, -0.25) is 9.59 Å². The van der Waals surface area contributed by atoms with Gasteiger partial charge in [0.25, 0.3) is 5.91 Å². The molecule has 0 aromatic heterocycles. The molecule has 2 aromatic rings. The van der Waals surface area contributed by atoms with Gasteiger partial charge in [-0.15, -0.1) is 0 Å². The van der Waals surface area contributed by atoms with Crippen LogP contribution in [0.3, 0.4) is 0 Å². The maximum atomic E-state index is 12.9. The van der Waals surface area contributed by atoms with Gasteiger partial charge in [-0.05, 0) is 18.2 Å². The second kappa shape index (κ2) is 9.12. The van der Waals surface area contributed by atoms with Crippen LogP contribution in [0.25, 0.3) is 0 Å². The lowest BCUT2D eigenvalue weighted by atomic mass is 10.1. The third-order valence-electron chi connectivity index (χ3n) is 3.70. The molecule has 0 spiro atoms. The van der Waals surface area contributed by atoms with Crippen molar-refractivity contribution in [1.29, 1.82) is 0 Å². The van der Waals surface area contributed by atoms with Gasteiger partial charge in [-0.1, -0.05) is 18.2 Å². The standard InChI is InChI=1S/C19H18F3NO5/c1-26-13-8-7-12(16(10-13)27-2)9-18(25)28-11-17(24)23-15-6-4-3-5-14(15)19(20,21)22/h3-8,10H,9,11H2,1-2H3,(H,23,24). The van der Waals surface area contributed by atoms with Crippen molar-refractivity contribution in [3.8, 4) is 11.5 Å². The first-order valence-corrected chi connectivity index (χ1v) is 8.07. The molecule has 1 amide bonds. The molecule has 0 bridgehead atoms. The van der Waals surface area contributed by atoms with Crippen LogP contribution in [0.2, 0.25) is 0 Å². The second-order valence-electron chi connectivity index (χ2n) is 5.61. The fraction of sp³-hybridized carbons (Fsp3) is 0.263. The van der Waals surface area contributed by atoms with E-state index in [2.05, 4.69) is 5.32 Å². The van der Waals surface area contributed by atoms with E-state index in [1.54, 1.807) is 18.2 Å². The molecule has 9 heteroatoms. The largest absolute Gasteiger partial charge is 0.497 e. The summed E-state index contributed by atoms with van der Waals surface area (Å²) >= 11 is 0. The van der Waals surface area contributed by atoms with Gasteiger partial charge in [-0.2, -0.15) is 13.2 Å². The number of amides is 1. The summed E-state index contributed by atoms with van der Waals surface area (Å²) in [6.07, 6.45) is -4.80. The average Bonchev–Trinajstić information content (AvgIpc) is 2.66. The van der Waals surface area contributed by atoms with Crippen molar-refractivity contribution in [2.24, 2.45) is 0 Å². The minimum absolute atomic E-state index is 0.181. The van der Waals surface area contributed by atoms with Crippen LogP contribution in [-0.4, -0.2) is 32.7 Å². The summed E-state index contributed by atoms with van der Waals surface area (Å²) in [7, 11) is 2.91. The molecular weight excluding hydrogens is 379 g/mol. The Bertz CT molecular complexity index is 852. The van der Waals surface area contributed by atoms with E-state index in [-0.39, 0.29) is 6.42 Å². The van der Waals surface area contributed by atoms with Crippen molar-refractivity contribution < 1.29 is 37.0 Å². The van der Waals surface area contributed by atoms with Gasteiger partial charge in [0.15, 0.2) is 6.61 Å². The lowest BCUT2D eigenvalue weighted by Gasteiger charge is -2.13. The molecule has 0 atom stereocenters. The molecule has 150 valence electrons. The number of carbonyl (C=O) groups is 2. The van der Waals surface area contributed by atoms with E-state index in [1.807, 2.05) is 0 Å². The summed E-state index contributed by atoms with van der Waals surface area (Å²) in [5.41, 5.74) is -0.887. The quantitative estimate of drug-likeness (QED) is 0.725. The first kappa shape index (κ1) is 21.1. The van der Waals surface area contributed by atoms with E-state index in [0.717, 1.165) is 12.1 Å². The van der Waals surface area contributed by atoms with E-state index in [4.69, 9.17) is 14.2 Å². The molecular formula is C19H18F3NO5. The number of anilines is 1. The number of esters is 1. The Morgan fingerprint density at radius 2 is 1.75 bits per heavy atom. The number of methoxy groups -OCH3 is 2. The van der Waals surface area contributed by atoms with Gasteiger partial charge in [0.1, 0.15) is 11.5 Å². The van der Waals surface area contributed by atoms with Crippen molar-refractivity contribution in [3.63, 3.8) is 0 Å². The molecule has 0 saturated heterocycles. The minimum atomic E-state index is -4.62. The summed E-state index contributed by atoms with van der Waals surface area (Å²) < 4.78 is 53.8. The van der Waals surface area contributed by atoms with Crippen molar-refractivity contribution >= 4 is 17.6 Å². The number of alkyl halides is 3. The normalized spacial score (nSPS) is 10.9. The number of nitrogens with one attached hydrogen (secondary N) is 1. The summed E-state index contributed by atoms with van der Waals surface area (Å²) in [6, 6.07) is 9.35. The highest BCUT2D eigenvalue weighted by Gasteiger charge is 2.33. The predicted molar refractivity (Wildman–Crippen MR) is 94.3 cm³/mol. The zero-order chi connectivity index (χ0) is 20.7. The highest BCUT2D eigenvalue weighted by atomic mass is 19.4. The van der Waals surface area contributed by atoms with Crippen LogP contribution in [0, 0.1) is 0 Å². The molecule has 2 rings (SSSR count). The van der Waals surface area contributed by atoms with Crippen LogP contribution in [0.4, 0.5) is 18.9 Å². The minimum Gasteiger partial charge on any atom is -0.497 e. The summed E-state index contributed by atoms with van der Waals surface area (Å²) in [5, 5.41) is 2.10. The number of halogens is 3. The highest BCUT2D eigenvalue weighted by Crippen LogP contribution is 2.34. The zero-order valence-electron chi connectivity index (χ0n) is 15.1. The van der Waals surface area contributed by atoms with Crippen LogP contribution < -0.4 is 14.8 Å². The fourth-order valence-electron chi connectivity index (χ4n) is 2.38. The average molecular weight is 397 g/mol. The molecule has 0 fully saturated rings. The number of benzene rings is 2. The molecule has 0 aliphatic heterocycles. The Kier molecular flexibility index (Phi) is 6.86. The SMILES string of the molecule is COc1ccc(CC(=O)OCC(=O)Nc2ccccc2C(F)(F)F)c(OC)c1. The van der Waals surface area contributed by atoms with Gasteiger partial charge >= 0.3 is 12.1 Å². The monoisotopic (exact) mass is 397 g/mol. The van der Waals surface area contributed by atoms with Crippen molar-refractivity contribution in [2.45, 2.75) is 12.6 Å². The van der Waals surface area contributed by atoms with Gasteiger partial charge in [0.2, 0.25) is 0 Å². The lowest BCUT2D eigenvalue weighted by molar-refractivity contribution is -0.146. The van der Waals surface area contributed by atoms with E-state index >= 15 is 0 Å². The number of rotatable bonds is 7. The Morgan fingerprint density at radius 1 is 1.04 bits per heavy atom. The highest BCUT2D eigenvalue weighted by molar-refractivity contribution is 5.93. The van der Waals surface area contributed by atoms with E-state index in [1.165, 1.54) is 26.4 Å². The molecule has 0 unspecified atom stereocenters. The maximum Gasteiger partial charge on any atom is 0.418 e. The van der Waals surface area contributed by atoms with Crippen molar-refractivity contribution in [1.82, 2.24) is 0 Å². The molecule has 1 N–H and O–H groups in total. The molecule has 0 radical (unpaired) electrons. The van der Waals surface area contributed by atoms with Crippen LogP contribution in [0.1, 0.15) is 11.1 Å². The number of para-hydroxylation sites is 1. The van der Waals surface area contributed by atoms with Crippen LogP contribution in [-0.2, 0) is 26.9 Å². The smallest absolute Gasteiger partial charge is 0.418 e. The van der Waals surface area contributed by atoms with Gasteiger partial charge < -0.3 is 19.5 Å². The van der Waals surface area contributed by atoms with Crippen molar-refractivity contribution in [3.05, 3.63) is 53.6 Å². The van der Waals surface area contributed by atoms with E-state index in [9.17, 15) is 22.8 Å². The van der Waals surface area contributed by atoms with E-state index in [0.29, 0.717) is 17.1 Å². The Hall–Kier alpha value is -3.23. The number of ether oxygens (including phenoxy) is 3. The summed E-state index contributed by atoms with van der Waals surface area (Å²) in [5.74, 6) is -0.675. The number of hydrogen-bond acceptors (Lipinski definition) is 5. The maximum absolute atomic E-state index is 12.9. The summed E-state index contributed by atoms with van der Waals surface area (Å²) in [6.45, 7) is -0.719. The predicted octanol–water partition coefficient (Wildman–Crippen LogP) is 3.45. The number of hydrogen-bond donors (Lipinski definition) is 1. The molecule has 2 aromatic carbocycles. The topological polar surface area (TPSA) is 73.9 Å². The second-order valence-corrected chi connectivity index (χ2v) is 5.61.